The lowest BCUT2D eigenvalue weighted by atomic mass is 10.1. The molecular formula is C29H30Cl2F3N3O4S. The van der Waals surface area contributed by atoms with Gasteiger partial charge in [-0.25, -0.2) is 8.42 Å². The summed E-state index contributed by atoms with van der Waals surface area (Å²) in [6, 6.07) is 14.4. The largest absolute Gasteiger partial charge is 0.416 e. The fourth-order valence-corrected chi connectivity index (χ4v) is 6.04. The summed E-state index contributed by atoms with van der Waals surface area (Å²) in [5.74, 6) is -1.30. The van der Waals surface area contributed by atoms with Crippen LogP contribution in [-0.4, -0.2) is 43.8 Å². The number of nitrogens with one attached hydrogen (secondary N) is 1. The van der Waals surface area contributed by atoms with Gasteiger partial charge in [0.1, 0.15) is 12.6 Å². The molecule has 0 aliphatic rings. The van der Waals surface area contributed by atoms with Gasteiger partial charge >= 0.3 is 6.18 Å². The van der Waals surface area contributed by atoms with Crippen LogP contribution in [0, 0.1) is 0 Å². The Bertz CT molecular complexity index is 1500. The number of hydrogen-bond acceptors (Lipinski definition) is 4. The third-order valence-corrected chi connectivity index (χ3v) is 8.58. The topological polar surface area (TPSA) is 86.8 Å². The van der Waals surface area contributed by atoms with E-state index in [1.54, 1.807) is 51.1 Å². The van der Waals surface area contributed by atoms with Gasteiger partial charge in [0.05, 0.1) is 21.2 Å². The quantitative estimate of drug-likeness (QED) is 0.257. The predicted octanol–water partition coefficient (Wildman–Crippen LogP) is 6.54. The molecule has 3 aromatic rings. The zero-order chi connectivity index (χ0) is 31.2. The van der Waals surface area contributed by atoms with Crippen molar-refractivity contribution in [2.75, 3.05) is 10.8 Å². The highest BCUT2D eigenvalue weighted by Gasteiger charge is 2.37. The van der Waals surface area contributed by atoms with E-state index in [4.69, 9.17) is 23.2 Å². The number of carbonyl (C=O) groups excluding carboxylic acids is 2. The van der Waals surface area contributed by atoms with Crippen LogP contribution in [0.5, 0.6) is 0 Å². The first kappa shape index (κ1) is 33.2. The van der Waals surface area contributed by atoms with Crippen LogP contribution in [0.4, 0.5) is 18.9 Å². The summed E-state index contributed by atoms with van der Waals surface area (Å²) in [4.78, 5) is 28.1. The summed E-state index contributed by atoms with van der Waals surface area (Å²) < 4.78 is 69.2. The van der Waals surface area contributed by atoms with E-state index in [0.29, 0.717) is 21.0 Å². The van der Waals surface area contributed by atoms with E-state index in [1.807, 2.05) is 0 Å². The maximum Gasteiger partial charge on any atom is 0.416 e. The molecule has 13 heteroatoms. The van der Waals surface area contributed by atoms with Crippen LogP contribution < -0.4 is 9.62 Å². The number of hydrogen-bond donors (Lipinski definition) is 1. The first-order chi connectivity index (χ1) is 19.6. The van der Waals surface area contributed by atoms with Gasteiger partial charge in [0.15, 0.2) is 0 Å². The average molecular weight is 645 g/mol. The van der Waals surface area contributed by atoms with E-state index < -0.39 is 51.9 Å². The van der Waals surface area contributed by atoms with E-state index in [0.717, 1.165) is 12.1 Å². The van der Waals surface area contributed by atoms with Crippen molar-refractivity contribution in [2.24, 2.45) is 0 Å². The Labute approximate surface area is 253 Å². The van der Waals surface area contributed by atoms with Crippen molar-refractivity contribution in [1.82, 2.24) is 10.2 Å². The van der Waals surface area contributed by atoms with Crippen LogP contribution in [0.15, 0.2) is 77.7 Å². The van der Waals surface area contributed by atoms with Crippen LogP contribution in [0.1, 0.15) is 38.3 Å². The Morgan fingerprint density at radius 2 is 1.57 bits per heavy atom. The van der Waals surface area contributed by atoms with Gasteiger partial charge in [-0.3, -0.25) is 13.9 Å². The SMILES string of the molecule is CC[C@@H](C(=O)NC(C)C)N(Cc1ccc(Cl)cc1)C(=O)CN(c1cc(C(F)(F)F)ccc1Cl)S(=O)(=O)c1ccccc1. The molecule has 0 aromatic heterocycles. The minimum absolute atomic E-state index is 0.102. The molecule has 0 aliphatic carbocycles. The molecule has 0 aliphatic heterocycles. The van der Waals surface area contributed by atoms with Gasteiger partial charge < -0.3 is 10.2 Å². The molecular weight excluding hydrogens is 614 g/mol. The van der Waals surface area contributed by atoms with Crippen LogP contribution in [0.25, 0.3) is 0 Å². The normalized spacial score (nSPS) is 12.6. The molecule has 3 rings (SSSR count). The molecule has 0 spiro atoms. The number of sulfonamides is 1. The van der Waals surface area contributed by atoms with Crippen molar-refractivity contribution >= 4 is 50.7 Å². The van der Waals surface area contributed by atoms with Crippen molar-refractivity contribution in [2.45, 2.75) is 56.9 Å². The molecule has 0 radical (unpaired) electrons. The smallest absolute Gasteiger partial charge is 0.352 e. The van der Waals surface area contributed by atoms with Gasteiger partial charge in [-0.15, -0.1) is 0 Å². The van der Waals surface area contributed by atoms with E-state index in [1.165, 1.54) is 29.2 Å². The van der Waals surface area contributed by atoms with E-state index in [9.17, 15) is 31.2 Å². The minimum atomic E-state index is -4.81. The lowest BCUT2D eigenvalue weighted by molar-refractivity contribution is -0.140. The highest BCUT2D eigenvalue weighted by atomic mass is 35.5. The lowest BCUT2D eigenvalue weighted by Crippen LogP contribution is -2.53. The first-order valence-electron chi connectivity index (χ1n) is 12.9. The maximum absolute atomic E-state index is 14.0. The second kappa shape index (κ2) is 13.8. The van der Waals surface area contributed by atoms with Crippen molar-refractivity contribution in [3.05, 3.63) is 94.0 Å². The molecule has 0 saturated carbocycles. The monoisotopic (exact) mass is 643 g/mol. The fourth-order valence-electron chi connectivity index (χ4n) is 4.20. The Morgan fingerprint density at radius 3 is 2.12 bits per heavy atom. The molecule has 226 valence electrons. The number of halogens is 5. The van der Waals surface area contributed by atoms with Crippen LogP contribution >= 0.6 is 23.2 Å². The first-order valence-corrected chi connectivity index (χ1v) is 15.1. The fraction of sp³-hybridized carbons (Fsp3) is 0.310. The molecule has 1 atom stereocenters. The third-order valence-electron chi connectivity index (χ3n) is 6.24. The van der Waals surface area contributed by atoms with Crippen molar-refractivity contribution in [3.63, 3.8) is 0 Å². The molecule has 7 nitrogen and oxygen atoms in total. The Hall–Kier alpha value is -3.28. The standard InChI is InChI=1S/C29H30Cl2F3N3O4S/c1-4-25(28(39)35-19(2)3)36(17-20-10-13-22(30)14-11-20)27(38)18-37(42(40,41)23-8-6-5-7-9-23)26-16-21(29(32,33)34)12-15-24(26)31/h5-16,19,25H,4,17-18H2,1-3H3,(H,35,39)/t25-/m0/s1. The van der Waals surface area contributed by atoms with Crippen molar-refractivity contribution < 1.29 is 31.2 Å². The molecule has 42 heavy (non-hydrogen) atoms. The van der Waals surface area contributed by atoms with Crippen LogP contribution in [-0.2, 0) is 32.3 Å². The lowest BCUT2D eigenvalue weighted by Gasteiger charge is -2.34. The van der Waals surface area contributed by atoms with Gasteiger partial charge in [0, 0.05) is 17.6 Å². The van der Waals surface area contributed by atoms with Gasteiger partial charge in [-0.05, 0) is 68.3 Å². The number of anilines is 1. The summed E-state index contributed by atoms with van der Waals surface area (Å²) in [5, 5.41) is 2.90. The molecule has 1 N–H and O–H groups in total. The van der Waals surface area contributed by atoms with Gasteiger partial charge in [0.25, 0.3) is 10.0 Å². The molecule has 0 bridgehead atoms. The summed E-state index contributed by atoms with van der Waals surface area (Å²) >= 11 is 12.3. The second-order valence-electron chi connectivity index (χ2n) is 9.72. The number of alkyl halides is 3. The summed E-state index contributed by atoms with van der Waals surface area (Å²) in [5.41, 5.74) is -1.09. The molecule has 3 aromatic carbocycles. The average Bonchev–Trinajstić information content (AvgIpc) is 2.92. The summed E-state index contributed by atoms with van der Waals surface area (Å²) in [6.45, 7) is 4.15. The molecule has 0 heterocycles. The number of nitrogens with zero attached hydrogens (tertiary/aromatic N) is 2. The van der Waals surface area contributed by atoms with Crippen LogP contribution in [0.3, 0.4) is 0 Å². The minimum Gasteiger partial charge on any atom is -0.352 e. The van der Waals surface area contributed by atoms with E-state index in [2.05, 4.69) is 5.32 Å². The van der Waals surface area contributed by atoms with Crippen molar-refractivity contribution in [3.8, 4) is 0 Å². The summed E-state index contributed by atoms with van der Waals surface area (Å²) in [7, 11) is -4.60. The molecule has 0 saturated heterocycles. The molecule has 0 unspecified atom stereocenters. The molecule has 2 amide bonds. The molecule has 0 fully saturated rings. The Balaban J connectivity index is 2.15. The van der Waals surface area contributed by atoms with E-state index in [-0.39, 0.29) is 28.9 Å². The van der Waals surface area contributed by atoms with Crippen molar-refractivity contribution in [1.29, 1.82) is 0 Å². The number of carbonyl (C=O) groups is 2. The zero-order valence-corrected chi connectivity index (χ0v) is 25.4. The zero-order valence-electron chi connectivity index (χ0n) is 23.0. The third kappa shape index (κ3) is 8.17. The second-order valence-corrected chi connectivity index (χ2v) is 12.4. The van der Waals surface area contributed by atoms with Gasteiger partial charge in [-0.2, -0.15) is 13.2 Å². The Kier molecular flexibility index (Phi) is 10.9. The van der Waals surface area contributed by atoms with Gasteiger partial charge in [0.2, 0.25) is 11.8 Å². The maximum atomic E-state index is 14.0. The highest BCUT2D eigenvalue weighted by Crippen LogP contribution is 2.37. The van der Waals surface area contributed by atoms with E-state index >= 15 is 0 Å². The highest BCUT2D eigenvalue weighted by molar-refractivity contribution is 7.92. The number of amides is 2. The Morgan fingerprint density at radius 1 is 0.952 bits per heavy atom. The number of rotatable bonds is 11. The summed E-state index contributed by atoms with van der Waals surface area (Å²) in [6.07, 6.45) is -4.64. The van der Waals surface area contributed by atoms with Gasteiger partial charge in [-0.1, -0.05) is 60.5 Å². The van der Waals surface area contributed by atoms with Crippen LogP contribution in [0.2, 0.25) is 10.0 Å². The number of benzene rings is 3. The predicted molar refractivity (Wildman–Crippen MR) is 157 cm³/mol.